The SMILES string of the molecule is Cc1c(C#CCCO)cccc1C(=O)N(C)C(C)C(C)C. The second kappa shape index (κ2) is 7.85. The van der Waals surface area contributed by atoms with Gasteiger partial charge in [-0.2, -0.15) is 0 Å². The van der Waals surface area contributed by atoms with Crippen molar-refractivity contribution in [3.63, 3.8) is 0 Å². The number of aliphatic hydroxyl groups excluding tert-OH is 1. The van der Waals surface area contributed by atoms with Gasteiger partial charge >= 0.3 is 0 Å². The lowest BCUT2D eigenvalue weighted by atomic mass is 9.99. The second-order valence-corrected chi connectivity index (χ2v) is 5.65. The van der Waals surface area contributed by atoms with Gasteiger partial charge in [0.2, 0.25) is 0 Å². The zero-order valence-corrected chi connectivity index (χ0v) is 13.6. The molecule has 0 aliphatic rings. The first-order valence-electron chi connectivity index (χ1n) is 7.36. The minimum absolute atomic E-state index is 0.0273. The Hall–Kier alpha value is -1.79. The number of benzene rings is 1. The summed E-state index contributed by atoms with van der Waals surface area (Å²) in [6, 6.07) is 5.79. The third-order valence-corrected chi connectivity index (χ3v) is 3.92. The van der Waals surface area contributed by atoms with Gasteiger partial charge in [-0.05, 0) is 37.5 Å². The van der Waals surface area contributed by atoms with Crippen LogP contribution in [0.3, 0.4) is 0 Å². The fourth-order valence-corrected chi connectivity index (χ4v) is 2.04. The highest BCUT2D eigenvalue weighted by Gasteiger charge is 2.21. The molecule has 1 N–H and O–H groups in total. The Labute approximate surface area is 128 Å². The average molecular weight is 287 g/mol. The molecule has 1 aromatic carbocycles. The molecular weight excluding hydrogens is 262 g/mol. The van der Waals surface area contributed by atoms with Gasteiger partial charge in [-0.15, -0.1) is 0 Å². The first-order chi connectivity index (χ1) is 9.90. The molecule has 0 spiro atoms. The Balaban J connectivity index is 3.07. The number of hydrogen-bond donors (Lipinski definition) is 1. The molecule has 0 fully saturated rings. The fourth-order valence-electron chi connectivity index (χ4n) is 2.04. The molecule has 0 saturated heterocycles. The molecular formula is C18H25NO2. The topological polar surface area (TPSA) is 40.5 Å². The Morgan fingerprint density at radius 1 is 1.33 bits per heavy atom. The van der Waals surface area contributed by atoms with Crippen LogP contribution in [-0.4, -0.2) is 35.6 Å². The van der Waals surface area contributed by atoms with Gasteiger partial charge < -0.3 is 10.0 Å². The minimum Gasteiger partial charge on any atom is -0.395 e. The van der Waals surface area contributed by atoms with E-state index < -0.39 is 0 Å². The van der Waals surface area contributed by atoms with Crippen LogP contribution < -0.4 is 0 Å². The van der Waals surface area contributed by atoms with E-state index in [1.165, 1.54) is 0 Å². The van der Waals surface area contributed by atoms with E-state index in [0.717, 1.165) is 11.1 Å². The predicted molar refractivity (Wildman–Crippen MR) is 86.2 cm³/mol. The quantitative estimate of drug-likeness (QED) is 0.865. The van der Waals surface area contributed by atoms with E-state index in [9.17, 15) is 4.79 Å². The van der Waals surface area contributed by atoms with Crippen LogP contribution in [0.15, 0.2) is 18.2 Å². The first kappa shape index (κ1) is 17.3. The van der Waals surface area contributed by atoms with Gasteiger partial charge in [-0.1, -0.05) is 31.8 Å². The Kier molecular flexibility index (Phi) is 6.45. The summed E-state index contributed by atoms with van der Waals surface area (Å²) in [5, 5.41) is 8.78. The lowest BCUT2D eigenvalue weighted by molar-refractivity contribution is 0.0706. The maximum absolute atomic E-state index is 12.6. The second-order valence-electron chi connectivity index (χ2n) is 5.65. The van der Waals surface area contributed by atoms with Gasteiger partial charge in [0.15, 0.2) is 0 Å². The van der Waals surface area contributed by atoms with Crippen LogP contribution in [0.2, 0.25) is 0 Å². The molecule has 114 valence electrons. The summed E-state index contributed by atoms with van der Waals surface area (Å²) in [7, 11) is 1.84. The maximum atomic E-state index is 12.6. The monoisotopic (exact) mass is 287 g/mol. The summed E-state index contributed by atoms with van der Waals surface area (Å²) in [6.07, 6.45) is 0.446. The molecule has 1 atom stereocenters. The normalized spacial score (nSPS) is 11.8. The molecule has 0 aromatic heterocycles. The van der Waals surface area contributed by atoms with Gasteiger partial charge in [-0.3, -0.25) is 4.79 Å². The Bertz CT molecular complexity index is 552. The van der Waals surface area contributed by atoms with E-state index in [0.29, 0.717) is 17.9 Å². The maximum Gasteiger partial charge on any atom is 0.254 e. The van der Waals surface area contributed by atoms with E-state index in [1.807, 2.05) is 32.2 Å². The van der Waals surface area contributed by atoms with E-state index in [2.05, 4.69) is 32.6 Å². The standard InChI is InChI=1S/C18H25NO2/c1-13(2)15(4)19(5)18(21)17-11-8-10-16(14(17)3)9-6-7-12-20/h8,10-11,13,15,20H,7,12H2,1-5H3. The summed E-state index contributed by atoms with van der Waals surface area (Å²) in [6.45, 7) is 8.25. The summed E-state index contributed by atoms with van der Waals surface area (Å²) in [4.78, 5) is 14.4. The number of aliphatic hydroxyl groups is 1. The summed E-state index contributed by atoms with van der Waals surface area (Å²) < 4.78 is 0. The molecule has 21 heavy (non-hydrogen) atoms. The van der Waals surface area contributed by atoms with Crippen LogP contribution in [-0.2, 0) is 0 Å². The van der Waals surface area contributed by atoms with Gasteiger partial charge in [0.05, 0.1) is 6.61 Å². The van der Waals surface area contributed by atoms with Crippen LogP contribution in [0.25, 0.3) is 0 Å². The summed E-state index contributed by atoms with van der Waals surface area (Å²) in [5.74, 6) is 6.36. The number of rotatable bonds is 4. The minimum atomic E-state index is 0.0273. The Morgan fingerprint density at radius 3 is 2.57 bits per heavy atom. The zero-order chi connectivity index (χ0) is 16.0. The molecule has 0 heterocycles. The molecule has 1 amide bonds. The lowest BCUT2D eigenvalue weighted by Gasteiger charge is -2.28. The molecule has 1 rings (SSSR count). The highest BCUT2D eigenvalue weighted by molar-refractivity contribution is 5.96. The van der Waals surface area contributed by atoms with Crippen molar-refractivity contribution in [1.29, 1.82) is 0 Å². The molecule has 0 saturated carbocycles. The van der Waals surface area contributed by atoms with Crippen LogP contribution in [0.5, 0.6) is 0 Å². The predicted octanol–water partition coefficient (Wildman–Crippen LogP) is 2.85. The van der Waals surface area contributed by atoms with Crippen molar-refractivity contribution < 1.29 is 9.90 Å². The van der Waals surface area contributed by atoms with Gasteiger partial charge in [0.25, 0.3) is 5.91 Å². The number of carbonyl (C=O) groups is 1. The molecule has 0 aliphatic heterocycles. The van der Waals surface area contributed by atoms with Crippen molar-refractivity contribution >= 4 is 5.91 Å². The van der Waals surface area contributed by atoms with Crippen molar-refractivity contribution in [3.8, 4) is 11.8 Å². The lowest BCUT2D eigenvalue weighted by Crippen LogP contribution is -2.38. The van der Waals surface area contributed by atoms with Crippen molar-refractivity contribution in [3.05, 3.63) is 34.9 Å². The van der Waals surface area contributed by atoms with E-state index in [1.54, 1.807) is 4.90 Å². The summed E-state index contributed by atoms with van der Waals surface area (Å²) in [5.41, 5.74) is 2.44. The molecule has 0 radical (unpaired) electrons. The fraction of sp³-hybridized carbons (Fsp3) is 0.500. The number of nitrogens with zero attached hydrogens (tertiary/aromatic N) is 1. The van der Waals surface area contributed by atoms with Gasteiger partial charge in [-0.25, -0.2) is 0 Å². The van der Waals surface area contributed by atoms with Crippen molar-refractivity contribution in [2.24, 2.45) is 5.92 Å². The van der Waals surface area contributed by atoms with Gasteiger partial charge in [0, 0.05) is 30.6 Å². The largest absolute Gasteiger partial charge is 0.395 e. The molecule has 0 aliphatic carbocycles. The number of amides is 1. The number of carbonyl (C=O) groups excluding carboxylic acids is 1. The molecule has 3 heteroatoms. The highest BCUT2D eigenvalue weighted by atomic mass is 16.2. The van der Waals surface area contributed by atoms with Crippen LogP contribution >= 0.6 is 0 Å². The molecule has 0 bridgehead atoms. The van der Waals surface area contributed by atoms with Gasteiger partial charge in [0.1, 0.15) is 0 Å². The smallest absolute Gasteiger partial charge is 0.254 e. The van der Waals surface area contributed by atoms with Crippen LogP contribution in [0.4, 0.5) is 0 Å². The van der Waals surface area contributed by atoms with E-state index >= 15 is 0 Å². The summed E-state index contributed by atoms with van der Waals surface area (Å²) >= 11 is 0. The van der Waals surface area contributed by atoms with Crippen molar-refractivity contribution in [1.82, 2.24) is 4.90 Å². The average Bonchev–Trinajstić information content (AvgIpc) is 2.46. The Morgan fingerprint density at radius 2 is 2.00 bits per heavy atom. The van der Waals surface area contributed by atoms with Crippen LogP contribution in [0, 0.1) is 24.7 Å². The highest BCUT2D eigenvalue weighted by Crippen LogP contribution is 2.18. The van der Waals surface area contributed by atoms with Crippen molar-refractivity contribution in [2.75, 3.05) is 13.7 Å². The van der Waals surface area contributed by atoms with Crippen LogP contribution in [0.1, 0.15) is 48.7 Å². The van der Waals surface area contributed by atoms with Crippen molar-refractivity contribution in [2.45, 2.75) is 40.2 Å². The third-order valence-electron chi connectivity index (χ3n) is 3.92. The zero-order valence-electron chi connectivity index (χ0n) is 13.6. The first-order valence-corrected chi connectivity index (χ1v) is 7.36. The van der Waals surface area contributed by atoms with E-state index in [-0.39, 0.29) is 18.6 Å². The third kappa shape index (κ3) is 4.34. The number of hydrogen-bond acceptors (Lipinski definition) is 2. The molecule has 1 unspecified atom stereocenters. The molecule has 3 nitrogen and oxygen atoms in total. The molecule has 1 aromatic rings. The van der Waals surface area contributed by atoms with E-state index in [4.69, 9.17) is 5.11 Å².